The van der Waals surface area contributed by atoms with Crippen LogP contribution in [0.1, 0.15) is 65.7 Å². The van der Waals surface area contributed by atoms with Crippen LogP contribution in [0.3, 0.4) is 0 Å². The Hall–Kier alpha value is -0.510. The number of hydrogen-bond acceptors (Lipinski definition) is 2. The molecule has 1 aliphatic heterocycles. The maximum Gasteiger partial charge on any atom is 0.410 e. The highest BCUT2D eigenvalue weighted by Crippen LogP contribution is 2.36. The molecular weight excluding hydrogens is 318 g/mol. The zero-order chi connectivity index (χ0) is 14.8. The predicted molar refractivity (Wildman–Crippen MR) is 85.0 cm³/mol. The van der Waals surface area contributed by atoms with E-state index in [1.165, 1.54) is 42.2 Å². The van der Waals surface area contributed by atoms with Crippen molar-refractivity contribution in [1.29, 1.82) is 0 Å². The van der Waals surface area contributed by atoms with Crippen LogP contribution in [0, 0.1) is 0 Å². The SMILES string of the molecule is CC(C)(C)OC(=O)N1CCCC1C(Br)=C1CCCCC1. The number of ether oxygens (including phenoxy) is 1. The largest absolute Gasteiger partial charge is 0.444 e. The number of hydrogen-bond donors (Lipinski definition) is 0. The first kappa shape index (κ1) is 15.9. The third kappa shape index (κ3) is 4.00. The smallest absolute Gasteiger partial charge is 0.410 e. The van der Waals surface area contributed by atoms with Gasteiger partial charge in [0.1, 0.15) is 5.60 Å². The highest BCUT2D eigenvalue weighted by molar-refractivity contribution is 9.11. The molecule has 0 aromatic heterocycles. The Labute approximate surface area is 130 Å². The molecule has 0 radical (unpaired) electrons. The quantitative estimate of drug-likeness (QED) is 0.670. The minimum absolute atomic E-state index is 0.173. The average Bonchev–Trinajstić information content (AvgIpc) is 2.86. The number of halogens is 1. The van der Waals surface area contributed by atoms with Gasteiger partial charge in [-0.05, 0) is 59.3 Å². The van der Waals surface area contributed by atoms with E-state index < -0.39 is 5.60 Å². The Bertz CT molecular complexity index is 390. The number of carbonyl (C=O) groups is 1. The second-order valence-corrected chi connectivity index (χ2v) is 7.70. The summed E-state index contributed by atoms with van der Waals surface area (Å²) in [5.41, 5.74) is 1.09. The van der Waals surface area contributed by atoms with Gasteiger partial charge in [0.25, 0.3) is 0 Å². The zero-order valence-electron chi connectivity index (χ0n) is 12.9. The standard InChI is InChI=1S/C16H26BrNO2/c1-16(2,3)20-15(19)18-11-7-10-13(18)14(17)12-8-5-4-6-9-12/h13H,4-11H2,1-3H3. The van der Waals surface area contributed by atoms with Crippen molar-refractivity contribution in [3.8, 4) is 0 Å². The van der Waals surface area contributed by atoms with E-state index in [1.807, 2.05) is 25.7 Å². The van der Waals surface area contributed by atoms with E-state index in [0.29, 0.717) is 0 Å². The Morgan fingerprint density at radius 2 is 1.85 bits per heavy atom. The van der Waals surface area contributed by atoms with Gasteiger partial charge in [-0.1, -0.05) is 27.9 Å². The van der Waals surface area contributed by atoms with Gasteiger partial charge in [-0.15, -0.1) is 0 Å². The van der Waals surface area contributed by atoms with Gasteiger partial charge in [0.2, 0.25) is 0 Å². The molecule has 0 aromatic carbocycles. The lowest BCUT2D eigenvalue weighted by molar-refractivity contribution is 0.0253. The molecule has 0 bridgehead atoms. The van der Waals surface area contributed by atoms with Gasteiger partial charge in [0, 0.05) is 11.0 Å². The number of carbonyl (C=O) groups excluding carboxylic acids is 1. The minimum Gasteiger partial charge on any atom is -0.444 e. The van der Waals surface area contributed by atoms with Crippen LogP contribution in [0.2, 0.25) is 0 Å². The molecule has 1 saturated heterocycles. The molecule has 3 nitrogen and oxygen atoms in total. The van der Waals surface area contributed by atoms with Crippen LogP contribution < -0.4 is 0 Å². The van der Waals surface area contributed by atoms with Crippen LogP contribution in [-0.4, -0.2) is 29.2 Å². The highest BCUT2D eigenvalue weighted by atomic mass is 79.9. The first-order chi connectivity index (χ1) is 9.38. The van der Waals surface area contributed by atoms with E-state index in [1.54, 1.807) is 0 Å². The second kappa shape index (κ2) is 6.50. The Kier molecular flexibility index (Phi) is 5.16. The van der Waals surface area contributed by atoms with E-state index in [9.17, 15) is 4.79 Å². The van der Waals surface area contributed by atoms with Crippen molar-refractivity contribution in [3.63, 3.8) is 0 Å². The van der Waals surface area contributed by atoms with Crippen LogP contribution in [-0.2, 0) is 4.74 Å². The number of likely N-dealkylation sites (tertiary alicyclic amines) is 1. The highest BCUT2D eigenvalue weighted by Gasteiger charge is 2.34. The summed E-state index contributed by atoms with van der Waals surface area (Å²) in [6.45, 7) is 6.57. The average molecular weight is 344 g/mol. The second-order valence-electron chi connectivity index (χ2n) is 6.84. The van der Waals surface area contributed by atoms with Crippen molar-refractivity contribution < 1.29 is 9.53 Å². The topological polar surface area (TPSA) is 29.5 Å². The molecule has 1 heterocycles. The normalized spacial score (nSPS) is 23.9. The summed E-state index contributed by atoms with van der Waals surface area (Å²) in [5, 5.41) is 0. The molecule has 114 valence electrons. The molecule has 1 unspecified atom stereocenters. The molecule has 0 aromatic rings. The van der Waals surface area contributed by atoms with Crippen LogP contribution >= 0.6 is 15.9 Å². The molecule has 1 amide bonds. The predicted octanol–water partition coefficient (Wildman–Crippen LogP) is 5.00. The van der Waals surface area contributed by atoms with Crippen LogP contribution in [0.15, 0.2) is 10.1 Å². The summed E-state index contributed by atoms with van der Waals surface area (Å²) >= 11 is 3.78. The van der Waals surface area contributed by atoms with Gasteiger partial charge in [-0.3, -0.25) is 0 Å². The molecule has 4 heteroatoms. The van der Waals surface area contributed by atoms with Crippen LogP contribution in [0.25, 0.3) is 0 Å². The van der Waals surface area contributed by atoms with Gasteiger partial charge < -0.3 is 9.64 Å². The lowest BCUT2D eigenvalue weighted by Gasteiger charge is -2.30. The van der Waals surface area contributed by atoms with Gasteiger partial charge in [0.05, 0.1) is 6.04 Å². The summed E-state index contributed by atoms with van der Waals surface area (Å²) in [6.07, 6.45) is 8.19. The summed E-state index contributed by atoms with van der Waals surface area (Å²) in [6, 6.07) is 0.193. The summed E-state index contributed by atoms with van der Waals surface area (Å²) in [5.74, 6) is 0. The van der Waals surface area contributed by atoms with E-state index in [2.05, 4.69) is 15.9 Å². The molecule has 1 aliphatic carbocycles. The van der Waals surface area contributed by atoms with Crippen LogP contribution in [0.5, 0.6) is 0 Å². The fraction of sp³-hybridized carbons (Fsp3) is 0.812. The monoisotopic (exact) mass is 343 g/mol. The molecular formula is C16H26BrNO2. The number of rotatable bonds is 1. The van der Waals surface area contributed by atoms with Gasteiger partial charge in [-0.2, -0.15) is 0 Å². The fourth-order valence-electron chi connectivity index (χ4n) is 3.02. The molecule has 0 N–H and O–H groups in total. The van der Waals surface area contributed by atoms with Gasteiger partial charge >= 0.3 is 6.09 Å². The summed E-state index contributed by atoms with van der Waals surface area (Å²) in [4.78, 5) is 14.2. The Morgan fingerprint density at radius 3 is 2.45 bits per heavy atom. The maximum absolute atomic E-state index is 12.3. The number of allylic oxidation sites excluding steroid dienone is 1. The molecule has 0 spiro atoms. The van der Waals surface area contributed by atoms with E-state index in [-0.39, 0.29) is 12.1 Å². The lowest BCUT2D eigenvalue weighted by Crippen LogP contribution is -2.40. The molecule has 2 rings (SSSR count). The summed E-state index contributed by atoms with van der Waals surface area (Å²) in [7, 11) is 0. The van der Waals surface area contributed by atoms with E-state index in [4.69, 9.17) is 4.74 Å². The fourth-order valence-corrected chi connectivity index (χ4v) is 3.89. The third-order valence-electron chi connectivity index (χ3n) is 3.97. The first-order valence-corrected chi connectivity index (χ1v) is 8.55. The minimum atomic E-state index is -0.422. The van der Waals surface area contributed by atoms with E-state index in [0.717, 1.165) is 19.4 Å². The molecule has 20 heavy (non-hydrogen) atoms. The first-order valence-electron chi connectivity index (χ1n) is 7.75. The van der Waals surface area contributed by atoms with E-state index >= 15 is 0 Å². The van der Waals surface area contributed by atoms with Crippen molar-refractivity contribution >= 4 is 22.0 Å². The number of nitrogens with zero attached hydrogens (tertiary/aromatic N) is 1. The van der Waals surface area contributed by atoms with Crippen molar-refractivity contribution in [2.24, 2.45) is 0 Å². The van der Waals surface area contributed by atoms with Gasteiger partial charge in [0.15, 0.2) is 0 Å². The maximum atomic E-state index is 12.3. The zero-order valence-corrected chi connectivity index (χ0v) is 14.5. The molecule has 2 fully saturated rings. The van der Waals surface area contributed by atoms with Crippen LogP contribution in [0.4, 0.5) is 4.79 Å². The molecule has 1 saturated carbocycles. The lowest BCUT2D eigenvalue weighted by atomic mass is 9.93. The van der Waals surface area contributed by atoms with Crippen molar-refractivity contribution in [1.82, 2.24) is 4.90 Å². The molecule has 2 aliphatic rings. The van der Waals surface area contributed by atoms with Crippen molar-refractivity contribution in [3.05, 3.63) is 10.1 Å². The summed E-state index contributed by atoms with van der Waals surface area (Å²) < 4.78 is 6.78. The third-order valence-corrected chi connectivity index (χ3v) is 5.06. The van der Waals surface area contributed by atoms with Crippen molar-refractivity contribution in [2.75, 3.05) is 6.54 Å². The van der Waals surface area contributed by atoms with Crippen molar-refractivity contribution in [2.45, 2.75) is 77.4 Å². The number of amides is 1. The van der Waals surface area contributed by atoms with Gasteiger partial charge in [-0.25, -0.2) is 4.79 Å². The molecule has 1 atom stereocenters. The Morgan fingerprint density at radius 1 is 1.20 bits per heavy atom. The Balaban J connectivity index is 2.08.